The zero-order valence-electron chi connectivity index (χ0n) is 14.1. The Morgan fingerprint density at radius 1 is 1.29 bits per heavy atom. The maximum absolute atomic E-state index is 12.3. The molecule has 1 N–H and O–H groups in total. The van der Waals surface area contributed by atoms with Crippen molar-refractivity contribution >= 4 is 17.7 Å². The van der Waals surface area contributed by atoms with Gasteiger partial charge in [-0.15, -0.1) is 0 Å². The normalized spacial score (nSPS) is 19.7. The van der Waals surface area contributed by atoms with Crippen molar-refractivity contribution in [2.75, 3.05) is 5.32 Å². The van der Waals surface area contributed by atoms with Gasteiger partial charge in [-0.2, -0.15) is 5.26 Å². The molecular weight excluding hydrogens is 300 g/mol. The first kappa shape index (κ1) is 16.1. The summed E-state index contributed by atoms with van der Waals surface area (Å²) in [6, 6.07) is 11.3. The molecule has 122 valence electrons. The first-order chi connectivity index (χ1) is 11.5. The van der Waals surface area contributed by atoms with Crippen molar-refractivity contribution in [2.45, 2.75) is 33.1 Å². The molecular formula is C20H20N2O2. The van der Waals surface area contributed by atoms with Crippen LogP contribution in [0.25, 0.3) is 6.08 Å². The van der Waals surface area contributed by atoms with Gasteiger partial charge in [0.1, 0.15) is 23.2 Å². The Hall–Kier alpha value is -2.80. The van der Waals surface area contributed by atoms with E-state index in [-0.39, 0.29) is 5.57 Å². The zero-order valence-corrected chi connectivity index (χ0v) is 14.1. The Morgan fingerprint density at radius 2 is 2.04 bits per heavy atom. The fraction of sp³-hybridized carbons (Fsp3) is 0.300. The molecule has 1 amide bonds. The Balaban J connectivity index is 1.75. The van der Waals surface area contributed by atoms with E-state index in [0.717, 1.165) is 23.3 Å². The fourth-order valence-electron chi connectivity index (χ4n) is 2.67. The van der Waals surface area contributed by atoms with Gasteiger partial charge in [0.05, 0.1) is 0 Å². The van der Waals surface area contributed by atoms with Crippen LogP contribution in [0, 0.1) is 31.1 Å². The lowest BCUT2D eigenvalue weighted by Gasteiger charge is -2.06. The smallest absolute Gasteiger partial charge is 0.266 e. The molecule has 0 bridgehead atoms. The second kappa shape index (κ2) is 6.37. The minimum Gasteiger partial charge on any atom is -0.461 e. The molecule has 0 aliphatic heterocycles. The van der Waals surface area contributed by atoms with E-state index < -0.39 is 5.91 Å². The van der Waals surface area contributed by atoms with Crippen LogP contribution in [-0.2, 0) is 4.79 Å². The van der Waals surface area contributed by atoms with Gasteiger partial charge >= 0.3 is 0 Å². The summed E-state index contributed by atoms with van der Waals surface area (Å²) in [5.41, 5.74) is 2.94. The van der Waals surface area contributed by atoms with Gasteiger partial charge in [0.2, 0.25) is 0 Å². The number of hydrogen-bond donors (Lipinski definition) is 1. The monoisotopic (exact) mass is 320 g/mol. The number of aryl methyl sites for hydroxylation is 2. The molecule has 1 aliphatic rings. The molecule has 4 heteroatoms. The summed E-state index contributed by atoms with van der Waals surface area (Å²) in [6.45, 7) is 6.17. The molecule has 0 spiro atoms. The van der Waals surface area contributed by atoms with Crippen molar-refractivity contribution in [1.29, 1.82) is 5.26 Å². The van der Waals surface area contributed by atoms with Crippen LogP contribution in [0.15, 0.2) is 40.3 Å². The van der Waals surface area contributed by atoms with E-state index in [0.29, 0.717) is 23.3 Å². The molecule has 1 heterocycles. The first-order valence-corrected chi connectivity index (χ1v) is 8.08. The van der Waals surface area contributed by atoms with Crippen molar-refractivity contribution in [3.05, 3.63) is 58.6 Å². The van der Waals surface area contributed by atoms with Crippen molar-refractivity contribution in [2.24, 2.45) is 5.92 Å². The van der Waals surface area contributed by atoms with Crippen LogP contribution in [0.3, 0.4) is 0 Å². The van der Waals surface area contributed by atoms with Crippen LogP contribution in [0.5, 0.6) is 0 Å². The third-order valence-corrected chi connectivity index (χ3v) is 4.54. The molecule has 1 aromatic carbocycles. The minimum atomic E-state index is -0.432. The van der Waals surface area contributed by atoms with E-state index in [1.165, 1.54) is 6.08 Å². The van der Waals surface area contributed by atoms with E-state index in [4.69, 9.17) is 4.42 Å². The molecule has 1 aromatic heterocycles. The number of carbonyl (C=O) groups is 1. The highest BCUT2D eigenvalue weighted by Gasteiger charge is 2.36. The number of anilines is 1. The summed E-state index contributed by atoms with van der Waals surface area (Å²) in [5.74, 6) is 2.16. The highest BCUT2D eigenvalue weighted by molar-refractivity contribution is 6.09. The van der Waals surface area contributed by atoms with E-state index in [2.05, 4.69) is 12.2 Å². The van der Waals surface area contributed by atoms with Crippen molar-refractivity contribution < 1.29 is 9.21 Å². The SMILES string of the molecule is Cc1ccc(NC(=O)/C(C#N)=C/c2ccc([C@H]3C[C@@H]3C)o2)cc1C. The van der Waals surface area contributed by atoms with Crippen molar-refractivity contribution in [3.8, 4) is 6.07 Å². The van der Waals surface area contributed by atoms with Gasteiger partial charge in [0.25, 0.3) is 5.91 Å². The molecule has 1 saturated carbocycles. The first-order valence-electron chi connectivity index (χ1n) is 8.08. The second-order valence-corrected chi connectivity index (χ2v) is 6.48. The van der Waals surface area contributed by atoms with Crippen LogP contribution in [-0.4, -0.2) is 5.91 Å². The summed E-state index contributed by atoms with van der Waals surface area (Å²) in [5, 5.41) is 12.0. The Kier molecular flexibility index (Phi) is 4.26. The van der Waals surface area contributed by atoms with Crippen LogP contribution in [0.1, 0.15) is 41.9 Å². The molecule has 0 saturated heterocycles. The summed E-state index contributed by atoms with van der Waals surface area (Å²) in [6.07, 6.45) is 2.63. The lowest BCUT2D eigenvalue weighted by atomic mass is 10.1. The summed E-state index contributed by atoms with van der Waals surface area (Å²) >= 11 is 0. The van der Waals surface area contributed by atoms with Crippen LogP contribution < -0.4 is 5.32 Å². The third kappa shape index (κ3) is 3.41. The number of rotatable bonds is 4. The minimum absolute atomic E-state index is 0.0259. The molecule has 3 rings (SSSR count). The summed E-state index contributed by atoms with van der Waals surface area (Å²) in [4.78, 5) is 12.3. The van der Waals surface area contributed by atoms with Gasteiger partial charge in [-0.25, -0.2) is 0 Å². The molecule has 1 fully saturated rings. The number of furan rings is 1. The Bertz CT molecular complexity index is 855. The molecule has 2 aromatic rings. The molecule has 0 radical (unpaired) electrons. The number of nitriles is 1. The third-order valence-electron chi connectivity index (χ3n) is 4.54. The number of amides is 1. The maximum Gasteiger partial charge on any atom is 0.266 e. The van der Waals surface area contributed by atoms with E-state index >= 15 is 0 Å². The number of nitrogens with one attached hydrogen (secondary N) is 1. The largest absolute Gasteiger partial charge is 0.461 e. The topological polar surface area (TPSA) is 66.0 Å². The molecule has 2 atom stereocenters. The van der Waals surface area contributed by atoms with Crippen LogP contribution >= 0.6 is 0 Å². The zero-order chi connectivity index (χ0) is 17.3. The Labute approximate surface area is 141 Å². The van der Waals surface area contributed by atoms with E-state index in [9.17, 15) is 10.1 Å². The highest BCUT2D eigenvalue weighted by Crippen LogP contribution is 2.47. The quantitative estimate of drug-likeness (QED) is 0.663. The average molecular weight is 320 g/mol. The standard InChI is InChI=1S/C20H20N2O2/c1-12-4-5-16(8-13(12)2)22-20(23)15(11-21)10-17-6-7-19(24-17)18-9-14(18)3/h4-8,10,14,18H,9H2,1-3H3,(H,22,23)/b15-10+/t14-,18-/m0/s1. The van der Waals surface area contributed by atoms with Gasteiger partial charge < -0.3 is 9.73 Å². The van der Waals surface area contributed by atoms with Crippen molar-refractivity contribution in [3.63, 3.8) is 0 Å². The Morgan fingerprint density at radius 3 is 2.67 bits per heavy atom. The number of hydrogen-bond acceptors (Lipinski definition) is 3. The van der Waals surface area contributed by atoms with Crippen molar-refractivity contribution in [1.82, 2.24) is 0 Å². The predicted octanol–water partition coefficient (Wildman–Crippen LogP) is 4.57. The number of benzene rings is 1. The molecule has 24 heavy (non-hydrogen) atoms. The number of nitrogens with zero attached hydrogens (tertiary/aromatic N) is 1. The average Bonchev–Trinajstić information content (AvgIpc) is 3.09. The predicted molar refractivity (Wildman–Crippen MR) is 93.4 cm³/mol. The summed E-state index contributed by atoms with van der Waals surface area (Å²) < 4.78 is 5.74. The van der Waals surface area contributed by atoms with Crippen LogP contribution in [0.4, 0.5) is 5.69 Å². The maximum atomic E-state index is 12.3. The molecule has 0 unspecified atom stereocenters. The highest BCUT2D eigenvalue weighted by atomic mass is 16.3. The fourth-order valence-corrected chi connectivity index (χ4v) is 2.67. The van der Waals surface area contributed by atoms with Gasteiger partial charge in [-0.3, -0.25) is 4.79 Å². The van der Waals surface area contributed by atoms with Gasteiger partial charge in [0.15, 0.2) is 0 Å². The van der Waals surface area contributed by atoms with Gasteiger partial charge in [-0.1, -0.05) is 13.0 Å². The van der Waals surface area contributed by atoms with Crippen LogP contribution in [0.2, 0.25) is 0 Å². The van der Waals surface area contributed by atoms with Gasteiger partial charge in [0, 0.05) is 17.7 Å². The lowest BCUT2D eigenvalue weighted by Crippen LogP contribution is -2.13. The molecule has 4 nitrogen and oxygen atoms in total. The van der Waals surface area contributed by atoms with Gasteiger partial charge in [-0.05, 0) is 61.6 Å². The number of carbonyl (C=O) groups excluding carboxylic acids is 1. The van der Waals surface area contributed by atoms with E-state index in [1.54, 1.807) is 6.07 Å². The second-order valence-electron chi connectivity index (χ2n) is 6.48. The summed E-state index contributed by atoms with van der Waals surface area (Å²) in [7, 11) is 0. The molecule has 1 aliphatic carbocycles. The lowest BCUT2D eigenvalue weighted by molar-refractivity contribution is -0.112. The van der Waals surface area contributed by atoms with E-state index in [1.807, 2.05) is 44.2 Å².